The Morgan fingerprint density at radius 3 is 2.45 bits per heavy atom. The molecule has 3 fully saturated rings. The molecular formula is C30H41IO2. The van der Waals surface area contributed by atoms with Gasteiger partial charge in [0.05, 0.1) is 7.11 Å². The smallest absolute Gasteiger partial charge is 0.220 e. The number of carbonyl (C=O) groups excluding carboxylic acids is 1. The predicted molar refractivity (Wildman–Crippen MR) is 147 cm³/mol. The quantitative estimate of drug-likeness (QED) is 0.254. The van der Waals surface area contributed by atoms with Gasteiger partial charge in [-0.05, 0) is 84.8 Å². The van der Waals surface area contributed by atoms with E-state index < -0.39 is 0 Å². The number of halogens is 1. The minimum atomic E-state index is -0.168. The molecule has 3 saturated carbocycles. The van der Waals surface area contributed by atoms with Crippen molar-refractivity contribution in [1.29, 1.82) is 0 Å². The van der Waals surface area contributed by atoms with Crippen LogP contribution in [0.2, 0.25) is 0 Å². The monoisotopic (exact) mass is 560 g/mol. The van der Waals surface area contributed by atoms with Gasteiger partial charge in [0.1, 0.15) is 0 Å². The number of hydrogen-bond donors (Lipinski definition) is 0. The molecule has 5 rings (SSSR count). The molecule has 0 aliphatic heterocycles. The maximum atomic E-state index is 13.0. The number of carbonyl (C=O) groups is 1. The van der Waals surface area contributed by atoms with E-state index in [1.165, 1.54) is 49.7 Å². The standard InChI is InChI=1S/C30H41IO2/c1-19-11-12-26(3)13-15-28(5)24-10-9-21-20(2)25(33-8)23(32)17-22(21)27(24,4)14-16-29(28,6)30(26,18-19)31-7/h9-10,17,19H,7,11-16,18H2,1-6,8H3/t19-,26+,27-,28+,29+,30-/m0/s1. The van der Waals surface area contributed by atoms with Crippen LogP contribution < -0.4 is 0 Å². The summed E-state index contributed by atoms with van der Waals surface area (Å²) < 4.78 is 10.6. The molecule has 0 bridgehead atoms. The molecule has 33 heavy (non-hydrogen) atoms. The Balaban J connectivity index is 1.71. The zero-order valence-corrected chi connectivity index (χ0v) is 23.8. The van der Waals surface area contributed by atoms with Crippen LogP contribution in [0.3, 0.4) is 0 Å². The van der Waals surface area contributed by atoms with E-state index in [-0.39, 0.29) is 42.8 Å². The third kappa shape index (κ3) is 2.67. The minimum absolute atomic E-state index is 0.0283. The topological polar surface area (TPSA) is 26.3 Å². The Hall–Kier alpha value is -0.970. The lowest BCUT2D eigenvalue weighted by atomic mass is 9.35. The average molecular weight is 561 g/mol. The maximum Gasteiger partial charge on any atom is 0.220 e. The van der Waals surface area contributed by atoms with Gasteiger partial charge in [-0.1, -0.05) is 63.3 Å². The molecule has 5 aliphatic carbocycles. The normalized spacial score (nSPS) is 46.8. The van der Waals surface area contributed by atoms with Crippen LogP contribution in [-0.4, -0.2) is 20.8 Å². The van der Waals surface area contributed by atoms with Crippen LogP contribution in [-0.2, 0) is 9.53 Å². The molecule has 0 aromatic carbocycles. The molecule has 0 amide bonds. The Labute approximate surface area is 210 Å². The summed E-state index contributed by atoms with van der Waals surface area (Å²) in [5.41, 5.74) is 5.76. The zero-order chi connectivity index (χ0) is 24.0. The first kappa shape index (κ1) is 23.8. The van der Waals surface area contributed by atoms with Gasteiger partial charge < -0.3 is 4.74 Å². The van der Waals surface area contributed by atoms with Crippen LogP contribution in [0.15, 0.2) is 46.3 Å². The number of ether oxygens (including phenoxy) is 1. The highest BCUT2D eigenvalue weighted by Crippen LogP contribution is 2.79. The number of allylic oxidation sites excluding steroid dienone is 7. The van der Waals surface area contributed by atoms with Crippen molar-refractivity contribution < 1.29 is 9.53 Å². The van der Waals surface area contributed by atoms with E-state index in [2.05, 4.69) is 46.8 Å². The summed E-state index contributed by atoms with van der Waals surface area (Å²) in [5.74, 6) is 1.33. The minimum Gasteiger partial charge on any atom is -0.492 e. The molecule has 0 N–H and O–H groups in total. The van der Waals surface area contributed by atoms with E-state index in [1.54, 1.807) is 12.7 Å². The summed E-state index contributed by atoms with van der Waals surface area (Å²) in [5, 5.41) is 0. The fourth-order valence-electron chi connectivity index (χ4n) is 9.08. The molecule has 6 atom stereocenters. The lowest BCUT2D eigenvalue weighted by molar-refractivity contribution is -0.118. The molecule has 3 heteroatoms. The average Bonchev–Trinajstić information content (AvgIpc) is 2.77. The van der Waals surface area contributed by atoms with Crippen molar-refractivity contribution >= 4 is 31.0 Å². The Bertz CT molecular complexity index is 1070. The van der Waals surface area contributed by atoms with Crippen molar-refractivity contribution in [3.8, 4) is 0 Å². The fourth-order valence-corrected chi connectivity index (χ4v) is 13.3. The van der Waals surface area contributed by atoms with Gasteiger partial charge in [0.25, 0.3) is 0 Å². The van der Waals surface area contributed by atoms with Gasteiger partial charge in [-0.3, -0.25) is 4.79 Å². The van der Waals surface area contributed by atoms with E-state index in [0.29, 0.717) is 14.6 Å². The zero-order valence-electron chi connectivity index (χ0n) is 21.7. The number of ketones is 1. The first-order valence-corrected chi connectivity index (χ1v) is 15.4. The van der Waals surface area contributed by atoms with Gasteiger partial charge in [0, 0.05) is 14.4 Å². The van der Waals surface area contributed by atoms with Crippen LogP contribution in [0.5, 0.6) is 0 Å². The van der Waals surface area contributed by atoms with Crippen LogP contribution in [0.1, 0.15) is 86.5 Å². The molecule has 0 aromatic heterocycles. The molecule has 0 saturated heterocycles. The van der Waals surface area contributed by atoms with E-state index in [4.69, 9.17) is 9.25 Å². The maximum absolute atomic E-state index is 13.0. The lowest BCUT2D eigenvalue weighted by Crippen LogP contribution is -2.68. The molecule has 0 unspecified atom stereocenters. The SMILES string of the molecule is C=I[C@@]12C[C@@H](C)CC[C@]1(C)CC[C@]1(C)C3=CC=C4C(=CC(=O)C(OC)=C4C)[C@]3(C)CC[C@@]21C. The van der Waals surface area contributed by atoms with E-state index in [1.807, 2.05) is 13.0 Å². The number of alkyl halides is 1. The van der Waals surface area contributed by atoms with Gasteiger partial charge >= 0.3 is 0 Å². The van der Waals surface area contributed by atoms with Crippen LogP contribution in [0, 0.1) is 27.6 Å². The van der Waals surface area contributed by atoms with Gasteiger partial charge in [-0.2, -0.15) is 0 Å². The molecule has 180 valence electrons. The molecule has 0 aromatic rings. The van der Waals surface area contributed by atoms with Gasteiger partial charge in [-0.15, -0.1) is 20.7 Å². The number of methoxy groups -OCH3 is 1. The number of hydrogen-bond acceptors (Lipinski definition) is 2. The fraction of sp³-hybridized carbons (Fsp3) is 0.667. The van der Waals surface area contributed by atoms with E-state index >= 15 is 0 Å². The van der Waals surface area contributed by atoms with Gasteiger partial charge in [-0.25, -0.2) is 0 Å². The Morgan fingerprint density at radius 2 is 1.79 bits per heavy atom. The molecule has 5 aliphatic rings. The summed E-state index contributed by atoms with van der Waals surface area (Å²) in [6.07, 6.45) is 15.7. The molecular weight excluding hydrogens is 519 g/mol. The van der Waals surface area contributed by atoms with Crippen LogP contribution in [0.4, 0.5) is 0 Å². The van der Waals surface area contributed by atoms with Gasteiger partial charge in [0.15, 0.2) is 5.76 Å². The summed E-state index contributed by atoms with van der Waals surface area (Å²) in [6, 6.07) is 0. The lowest BCUT2D eigenvalue weighted by Gasteiger charge is -2.73. The third-order valence-corrected chi connectivity index (χ3v) is 15.6. The highest BCUT2D eigenvalue weighted by molar-refractivity contribution is 14.2. The van der Waals surface area contributed by atoms with Crippen molar-refractivity contribution in [3.05, 3.63) is 46.3 Å². The first-order valence-electron chi connectivity index (χ1n) is 12.8. The van der Waals surface area contributed by atoms with Crippen LogP contribution >= 0.6 is 20.7 Å². The second-order valence-corrected chi connectivity index (χ2v) is 15.2. The molecule has 0 radical (unpaired) electrons. The molecule has 0 spiro atoms. The summed E-state index contributed by atoms with van der Waals surface area (Å²) in [7, 11) is 1.61. The second kappa shape index (κ2) is 7.27. The summed E-state index contributed by atoms with van der Waals surface area (Å²) in [6.45, 7) is 14.8. The second-order valence-electron chi connectivity index (χ2n) is 12.6. The summed E-state index contributed by atoms with van der Waals surface area (Å²) >= 11 is -0.168. The van der Waals surface area contributed by atoms with Crippen molar-refractivity contribution in [2.24, 2.45) is 27.6 Å². The highest BCUT2D eigenvalue weighted by atomic mass is 127. The van der Waals surface area contributed by atoms with Gasteiger partial charge in [0.2, 0.25) is 5.78 Å². The van der Waals surface area contributed by atoms with Crippen molar-refractivity contribution in [2.45, 2.75) is 89.9 Å². The van der Waals surface area contributed by atoms with Crippen molar-refractivity contribution in [3.63, 3.8) is 0 Å². The number of fused-ring (bicyclic) bond motifs is 7. The summed E-state index contributed by atoms with van der Waals surface area (Å²) in [4.78, 5) is 13.0. The predicted octanol–water partition coefficient (Wildman–Crippen LogP) is 7.86. The van der Waals surface area contributed by atoms with E-state index in [0.717, 1.165) is 17.9 Å². The molecule has 2 nitrogen and oxygen atoms in total. The molecule has 0 heterocycles. The van der Waals surface area contributed by atoms with E-state index in [9.17, 15) is 4.79 Å². The first-order chi connectivity index (χ1) is 15.4. The Kier molecular flexibility index (Phi) is 5.24. The van der Waals surface area contributed by atoms with Crippen molar-refractivity contribution in [2.75, 3.05) is 7.11 Å². The number of rotatable bonds is 2. The van der Waals surface area contributed by atoms with Crippen LogP contribution in [0.25, 0.3) is 0 Å². The largest absolute Gasteiger partial charge is 0.492 e. The third-order valence-electron chi connectivity index (χ3n) is 11.3. The highest BCUT2D eigenvalue weighted by Gasteiger charge is 2.71. The Morgan fingerprint density at radius 1 is 1.06 bits per heavy atom. The van der Waals surface area contributed by atoms with Crippen molar-refractivity contribution in [1.82, 2.24) is 0 Å².